The molecule has 0 bridgehead atoms. The lowest BCUT2D eigenvalue weighted by atomic mass is 9.92. The molecule has 0 radical (unpaired) electrons. The lowest BCUT2D eigenvalue weighted by molar-refractivity contribution is 0.0706. The smallest absolute Gasteiger partial charge is 0.274 e. The molecule has 5 rings (SSSR count). The Bertz CT molecular complexity index is 1220. The minimum atomic E-state index is -0.523. The van der Waals surface area contributed by atoms with Crippen molar-refractivity contribution in [2.24, 2.45) is 7.05 Å². The molecule has 7 nitrogen and oxygen atoms in total. The van der Waals surface area contributed by atoms with E-state index in [0.717, 1.165) is 46.6 Å². The van der Waals surface area contributed by atoms with Gasteiger partial charge in [-0.05, 0) is 30.5 Å². The Morgan fingerprint density at radius 1 is 1.07 bits per heavy atom. The highest BCUT2D eigenvalue weighted by atomic mass is 16.5. The van der Waals surface area contributed by atoms with Crippen LogP contribution in [0, 0.1) is 0 Å². The molecule has 1 amide bonds. The van der Waals surface area contributed by atoms with Gasteiger partial charge >= 0.3 is 0 Å². The summed E-state index contributed by atoms with van der Waals surface area (Å²) >= 11 is 0. The zero-order chi connectivity index (χ0) is 20.7. The number of hydrogen-bond acceptors (Lipinski definition) is 4. The van der Waals surface area contributed by atoms with Gasteiger partial charge in [0.2, 0.25) is 0 Å². The topological polar surface area (TPSA) is 85.0 Å². The Hall–Kier alpha value is -3.71. The van der Waals surface area contributed by atoms with Gasteiger partial charge in [-0.2, -0.15) is 10.2 Å². The summed E-state index contributed by atoms with van der Waals surface area (Å²) in [5.74, 6) is -0.523. The molecule has 4 aromatic rings. The van der Waals surface area contributed by atoms with Crippen LogP contribution in [0.3, 0.4) is 0 Å². The van der Waals surface area contributed by atoms with Gasteiger partial charge in [-0.15, -0.1) is 0 Å². The van der Waals surface area contributed by atoms with Gasteiger partial charge in [0.25, 0.3) is 5.91 Å². The number of hydroxylamine groups is 1. The van der Waals surface area contributed by atoms with Crippen LogP contribution in [0.5, 0.6) is 0 Å². The Kier molecular flexibility index (Phi) is 4.44. The second-order valence-corrected chi connectivity index (χ2v) is 7.50. The molecular weight excluding hydrogens is 378 g/mol. The third-order valence-electron chi connectivity index (χ3n) is 5.52. The van der Waals surface area contributed by atoms with E-state index in [9.17, 15) is 4.79 Å². The quantitative estimate of drug-likeness (QED) is 0.408. The summed E-state index contributed by atoms with van der Waals surface area (Å²) in [5.41, 5.74) is 9.79. The summed E-state index contributed by atoms with van der Waals surface area (Å²) < 4.78 is 3.90. The summed E-state index contributed by atoms with van der Waals surface area (Å²) in [6, 6.07) is 17.5. The highest BCUT2D eigenvalue weighted by Crippen LogP contribution is 2.38. The number of benzene rings is 2. The van der Waals surface area contributed by atoms with Gasteiger partial charge < -0.3 is 0 Å². The molecule has 0 saturated carbocycles. The molecule has 0 fully saturated rings. The molecule has 1 aliphatic carbocycles. The van der Waals surface area contributed by atoms with Gasteiger partial charge in [-0.25, -0.2) is 5.48 Å². The van der Waals surface area contributed by atoms with Crippen molar-refractivity contribution in [3.63, 3.8) is 0 Å². The third-order valence-corrected chi connectivity index (χ3v) is 5.52. The molecule has 0 spiro atoms. The first kappa shape index (κ1) is 18.3. The maximum absolute atomic E-state index is 11.6. The second kappa shape index (κ2) is 7.27. The van der Waals surface area contributed by atoms with Crippen LogP contribution in [0.2, 0.25) is 0 Å². The number of nitrogens with zero attached hydrogens (tertiary/aromatic N) is 4. The van der Waals surface area contributed by atoms with Crippen LogP contribution in [-0.4, -0.2) is 30.7 Å². The Morgan fingerprint density at radius 2 is 1.83 bits per heavy atom. The molecule has 2 N–H and O–H groups in total. The van der Waals surface area contributed by atoms with Gasteiger partial charge in [-0.1, -0.05) is 42.5 Å². The number of rotatable bonds is 4. The standard InChI is InChI=1S/C23H21N5O2/c1-27-14-19-20(24-27)12-11-18-21(19)25-28(22(18)16-5-3-2-4-6-16)13-15-7-9-17(10-8-15)23(29)26-30/h2-10,14,30H,11-13H2,1H3,(H,26,29). The summed E-state index contributed by atoms with van der Waals surface area (Å²) in [4.78, 5) is 11.6. The number of carbonyl (C=O) groups excluding carboxylic acids is 1. The molecule has 30 heavy (non-hydrogen) atoms. The predicted octanol–water partition coefficient (Wildman–Crippen LogP) is 3.22. The van der Waals surface area contributed by atoms with Crippen molar-refractivity contribution in [3.05, 3.63) is 83.2 Å². The van der Waals surface area contributed by atoms with Crippen LogP contribution >= 0.6 is 0 Å². The fraction of sp³-hybridized carbons (Fsp3) is 0.174. The van der Waals surface area contributed by atoms with E-state index in [-0.39, 0.29) is 0 Å². The van der Waals surface area contributed by atoms with Crippen molar-refractivity contribution < 1.29 is 10.0 Å². The first-order chi connectivity index (χ1) is 14.6. The van der Waals surface area contributed by atoms with Gasteiger partial charge in [-0.3, -0.25) is 19.4 Å². The number of fused-ring (bicyclic) bond motifs is 3. The van der Waals surface area contributed by atoms with E-state index in [0.29, 0.717) is 12.1 Å². The SMILES string of the molecule is Cn1cc2c(n1)CCc1c-2nn(Cc2ccc(C(=O)NO)cc2)c1-c1ccccc1. The molecule has 2 heterocycles. The fourth-order valence-corrected chi connectivity index (χ4v) is 4.15. The lowest BCUT2D eigenvalue weighted by Crippen LogP contribution is -2.18. The van der Waals surface area contributed by atoms with Gasteiger partial charge in [0.15, 0.2) is 0 Å². The lowest BCUT2D eigenvalue weighted by Gasteiger charge is -2.12. The summed E-state index contributed by atoms with van der Waals surface area (Å²) in [6.07, 6.45) is 3.85. The van der Waals surface area contributed by atoms with E-state index < -0.39 is 5.91 Å². The fourth-order valence-electron chi connectivity index (χ4n) is 4.15. The monoisotopic (exact) mass is 399 g/mol. The first-order valence-corrected chi connectivity index (χ1v) is 9.85. The van der Waals surface area contributed by atoms with Crippen molar-refractivity contribution in [1.82, 2.24) is 25.0 Å². The van der Waals surface area contributed by atoms with E-state index in [1.54, 1.807) is 17.6 Å². The van der Waals surface area contributed by atoms with Crippen molar-refractivity contribution in [2.45, 2.75) is 19.4 Å². The minimum Gasteiger partial charge on any atom is -0.288 e. The van der Waals surface area contributed by atoms with E-state index in [2.05, 4.69) is 17.2 Å². The summed E-state index contributed by atoms with van der Waals surface area (Å²) in [7, 11) is 1.94. The number of aryl methyl sites for hydroxylation is 2. The molecule has 0 unspecified atom stereocenters. The Morgan fingerprint density at radius 3 is 2.57 bits per heavy atom. The Balaban J connectivity index is 1.60. The molecule has 7 heteroatoms. The maximum atomic E-state index is 11.6. The molecule has 2 aromatic carbocycles. The minimum absolute atomic E-state index is 0.407. The van der Waals surface area contributed by atoms with Crippen molar-refractivity contribution in [3.8, 4) is 22.5 Å². The number of amides is 1. The van der Waals surface area contributed by atoms with Crippen LogP contribution in [0.1, 0.15) is 27.2 Å². The number of aromatic nitrogens is 4. The molecular formula is C23H21N5O2. The Labute approximate surface area is 173 Å². The van der Waals surface area contributed by atoms with Gasteiger partial charge in [0, 0.05) is 35.5 Å². The largest absolute Gasteiger partial charge is 0.288 e. The zero-order valence-corrected chi connectivity index (χ0v) is 16.5. The van der Waals surface area contributed by atoms with Crippen molar-refractivity contribution >= 4 is 5.91 Å². The summed E-state index contributed by atoms with van der Waals surface area (Å²) in [5, 5.41) is 18.4. The predicted molar refractivity (Wildman–Crippen MR) is 112 cm³/mol. The third kappa shape index (κ3) is 3.09. The van der Waals surface area contributed by atoms with Crippen LogP contribution < -0.4 is 5.48 Å². The number of carbonyl (C=O) groups is 1. The van der Waals surface area contributed by atoms with Crippen LogP contribution in [0.15, 0.2) is 60.8 Å². The number of nitrogens with one attached hydrogen (secondary N) is 1. The normalized spacial score (nSPS) is 12.3. The van der Waals surface area contributed by atoms with Gasteiger partial charge in [0.1, 0.15) is 0 Å². The number of hydrogen-bond donors (Lipinski definition) is 2. The second-order valence-electron chi connectivity index (χ2n) is 7.50. The molecule has 0 atom stereocenters. The van der Waals surface area contributed by atoms with Crippen molar-refractivity contribution in [1.29, 1.82) is 0 Å². The zero-order valence-electron chi connectivity index (χ0n) is 16.5. The maximum Gasteiger partial charge on any atom is 0.274 e. The highest BCUT2D eigenvalue weighted by Gasteiger charge is 2.27. The van der Waals surface area contributed by atoms with E-state index in [1.807, 2.05) is 52.9 Å². The van der Waals surface area contributed by atoms with Crippen LogP contribution in [-0.2, 0) is 26.4 Å². The average Bonchev–Trinajstić information content (AvgIpc) is 3.33. The molecule has 0 saturated heterocycles. The van der Waals surface area contributed by atoms with Crippen molar-refractivity contribution in [2.75, 3.05) is 0 Å². The highest BCUT2D eigenvalue weighted by molar-refractivity contribution is 5.93. The first-order valence-electron chi connectivity index (χ1n) is 9.85. The van der Waals surface area contributed by atoms with Crippen LogP contribution in [0.25, 0.3) is 22.5 Å². The summed E-state index contributed by atoms with van der Waals surface area (Å²) in [6.45, 7) is 0.577. The average molecular weight is 399 g/mol. The molecule has 0 aliphatic heterocycles. The van der Waals surface area contributed by atoms with E-state index in [1.165, 1.54) is 5.56 Å². The molecule has 150 valence electrons. The van der Waals surface area contributed by atoms with E-state index >= 15 is 0 Å². The van der Waals surface area contributed by atoms with E-state index in [4.69, 9.17) is 10.3 Å². The van der Waals surface area contributed by atoms with Crippen LogP contribution in [0.4, 0.5) is 0 Å². The van der Waals surface area contributed by atoms with Gasteiger partial charge in [0.05, 0.1) is 23.6 Å². The molecule has 2 aromatic heterocycles. The molecule has 1 aliphatic rings.